The third kappa shape index (κ3) is 5.21. The molecular weight excluding hydrogens is 302 g/mol. The lowest BCUT2D eigenvalue weighted by Gasteiger charge is -2.24. The SMILES string of the molecule is COc1ccc(COC(C(F)F)C(C)Oc2ccccc2)cc1. The molecule has 2 aromatic carbocycles. The first-order valence-corrected chi connectivity index (χ1v) is 7.34. The average Bonchev–Trinajstić information content (AvgIpc) is 2.56. The van der Waals surface area contributed by atoms with Gasteiger partial charge < -0.3 is 14.2 Å². The fraction of sp³-hybridized carbons (Fsp3) is 0.333. The minimum absolute atomic E-state index is 0.0848. The Hall–Kier alpha value is -2.14. The first kappa shape index (κ1) is 17.2. The molecule has 2 aromatic rings. The summed E-state index contributed by atoms with van der Waals surface area (Å²) in [5.74, 6) is 1.25. The normalized spacial score (nSPS) is 13.6. The van der Waals surface area contributed by atoms with Crippen LogP contribution in [0.1, 0.15) is 12.5 Å². The second-order valence-electron chi connectivity index (χ2n) is 5.09. The summed E-state index contributed by atoms with van der Waals surface area (Å²) in [6, 6.07) is 16.0. The molecule has 23 heavy (non-hydrogen) atoms. The average molecular weight is 322 g/mol. The molecule has 0 heterocycles. The van der Waals surface area contributed by atoms with Crippen molar-refractivity contribution in [3.05, 3.63) is 60.2 Å². The highest BCUT2D eigenvalue weighted by Crippen LogP contribution is 2.20. The Labute approximate surface area is 134 Å². The highest BCUT2D eigenvalue weighted by Gasteiger charge is 2.29. The molecule has 0 N–H and O–H groups in total. The van der Waals surface area contributed by atoms with Crippen molar-refractivity contribution in [2.75, 3.05) is 7.11 Å². The Morgan fingerprint density at radius 3 is 2.13 bits per heavy atom. The first-order valence-electron chi connectivity index (χ1n) is 7.34. The maximum atomic E-state index is 13.2. The van der Waals surface area contributed by atoms with Crippen LogP contribution in [-0.4, -0.2) is 25.7 Å². The molecule has 0 aliphatic rings. The summed E-state index contributed by atoms with van der Waals surface area (Å²) in [6.07, 6.45) is -4.71. The van der Waals surface area contributed by atoms with Crippen molar-refractivity contribution in [2.24, 2.45) is 0 Å². The second-order valence-corrected chi connectivity index (χ2v) is 5.09. The van der Waals surface area contributed by atoms with E-state index in [0.717, 1.165) is 5.56 Å². The Kier molecular flexibility index (Phi) is 6.35. The topological polar surface area (TPSA) is 27.7 Å². The smallest absolute Gasteiger partial charge is 0.268 e. The summed E-state index contributed by atoms with van der Waals surface area (Å²) >= 11 is 0. The second kappa shape index (κ2) is 8.48. The minimum Gasteiger partial charge on any atom is -0.497 e. The monoisotopic (exact) mass is 322 g/mol. The lowest BCUT2D eigenvalue weighted by atomic mass is 10.2. The number of ether oxygens (including phenoxy) is 3. The van der Waals surface area contributed by atoms with Gasteiger partial charge in [0.2, 0.25) is 0 Å². The molecule has 0 bridgehead atoms. The van der Waals surface area contributed by atoms with Gasteiger partial charge in [0.1, 0.15) is 17.6 Å². The van der Waals surface area contributed by atoms with Gasteiger partial charge in [0.15, 0.2) is 6.10 Å². The molecule has 0 fully saturated rings. The van der Waals surface area contributed by atoms with Gasteiger partial charge in [0.25, 0.3) is 6.43 Å². The van der Waals surface area contributed by atoms with E-state index in [1.807, 2.05) is 6.07 Å². The molecule has 0 aliphatic carbocycles. The van der Waals surface area contributed by atoms with Gasteiger partial charge in [0.05, 0.1) is 13.7 Å². The van der Waals surface area contributed by atoms with Crippen molar-refractivity contribution in [3.63, 3.8) is 0 Å². The molecule has 0 saturated heterocycles. The van der Waals surface area contributed by atoms with Crippen molar-refractivity contribution in [3.8, 4) is 11.5 Å². The zero-order chi connectivity index (χ0) is 16.7. The predicted octanol–water partition coefficient (Wildman–Crippen LogP) is 4.31. The number of benzene rings is 2. The summed E-state index contributed by atoms with van der Waals surface area (Å²) in [5.41, 5.74) is 0.795. The fourth-order valence-electron chi connectivity index (χ4n) is 2.11. The van der Waals surface area contributed by atoms with E-state index in [2.05, 4.69) is 0 Å². The molecule has 0 aliphatic heterocycles. The Balaban J connectivity index is 1.94. The first-order chi connectivity index (χ1) is 11.1. The quantitative estimate of drug-likeness (QED) is 0.725. The molecule has 3 nitrogen and oxygen atoms in total. The van der Waals surface area contributed by atoms with Gasteiger partial charge in [-0.05, 0) is 36.8 Å². The van der Waals surface area contributed by atoms with Gasteiger partial charge in [-0.25, -0.2) is 8.78 Å². The van der Waals surface area contributed by atoms with Crippen molar-refractivity contribution in [1.82, 2.24) is 0 Å². The maximum Gasteiger partial charge on any atom is 0.268 e. The van der Waals surface area contributed by atoms with Crippen LogP contribution in [0.2, 0.25) is 0 Å². The van der Waals surface area contributed by atoms with Gasteiger partial charge in [0, 0.05) is 0 Å². The molecule has 0 saturated carbocycles. The molecule has 2 unspecified atom stereocenters. The lowest BCUT2D eigenvalue weighted by Crippen LogP contribution is -2.37. The molecule has 5 heteroatoms. The Morgan fingerprint density at radius 1 is 0.913 bits per heavy atom. The third-order valence-corrected chi connectivity index (χ3v) is 3.38. The zero-order valence-corrected chi connectivity index (χ0v) is 13.1. The maximum absolute atomic E-state index is 13.2. The van der Waals surface area contributed by atoms with Crippen molar-refractivity contribution < 1.29 is 23.0 Å². The van der Waals surface area contributed by atoms with Crippen LogP contribution in [0.4, 0.5) is 8.78 Å². The van der Waals surface area contributed by atoms with E-state index in [0.29, 0.717) is 11.5 Å². The minimum atomic E-state index is -2.63. The molecule has 0 spiro atoms. The molecule has 0 amide bonds. The van der Waals surface area contributed by atoms with Crippen LogP contribution >= 0.6 is 0 Å². The number of methoxy groups -OCH3 is 1. The molecule has 0 radical (unpaired) electrons. The van der Waals surface area contributed by atoms with E-state index in [-0.39, 0.29) is 6.61 Å². The summed E-state index contributed by atoms with van der Waals surface area (Å²) in [7, 11) is 1.57. The van der Waals surface area contributed by atoms with Crippen LogP contribution in [0.3, 0.4) is 0 Å². The number of rotatable bonds is 8. The van der Waals surface area contributed by atoms with Gasteiger partial charge in [-0.2, -0.15) is 0 Å². The number of hydrogen-bond acceptors (Lipinski definition) is 3. The summed E-state index contributed by atoms with van der Waals surface area (Å²) in [4.78, 5) is 0. The van der Waals surface area contributed by atoms with Crippen LogP contribution in [0.15, 0.2) is 54.6 Å². The number of para-hydroxylation sites is 1. The van der Waals surface area contributed by atoms with E-state index >= 15 is 0 Å². The van der Waals surface area contributed by atoms with Crippen LogP contribution in [-0.2, 0) is 11.3 Å². The third-order valence-electron chi connectivity index (χ3n) is 3.38. The van der Waals surface area contributed by atoms with Gasteiger partial charge in [-0.1, -0.05) is 30.3 Å². The van der Waals surface area contributed by atoms with E-state index < -0.39 is 18.6 Å². The molecule has 124 valence electrons. The van der Waals surface area contributed by atoms with Crippen molar-refractivity contribution >= 4 is 0 Å². The van der Waals surface area contributed by atoms with Crippen molar-refractivity contribution in [1.29, 1.82) is 0 Å². The van der Waals surface area contributed by atoms with Crippen LogP contribution in [0, 0.1) is 0 Å². The predicted molar refractivity (Wildman–Crippen MR) is 84.1 cm³/mol. The van der Waals surface area contributed by atoms with E-state index in [1.54, 1.807) is 62.6 Å². The van der Waals surface area contributed by atoms with Crippen LogP contribution in [0.5, 0.6) is 11.5 Å². The van der Waals surface area contributed by atoms with Gasteiger partial charge in [-0.15, -0.1) is 0 Å². The zero-order valence-electron chi connectivity index (χ0n) is 13.1. The van der Waals surface area contributed by atoms with Crippen molar-refractivity contribution in [2.45, 2.75) is 32.2 Å². The number of alkyl halides is 2. The standard InChI is InChI=1S/C18H20F2O3/c1-13(23-16-6-4-3-5-7-16)17(18(19)20)22-12-14-8-10-15(21-2)11-9-14/h3-11,13,17-18H,12H2,1-2H3. The summed E-state index contributed by atoms with van der Waals surface area (Å²) in [5, 5.41) is 0. The fourth-order valence-corrected chi connectivity index (χ4v) is 2.11. The number of halogens is 2. The largest absolute Gasteiger partial charge is 0.497 e. The van der Waals surface area contributed by atoms with E-state index in [1.165, 1.54) is 0 Å². The van der Waals surface area contributed by atoms with Crippen LogP contribution in [0.25, 0.3) is 0 Å². The Morgan fingerprint density at radius 2 is 1.57 bits per heavy atom. The summed E-state index contributed by atoms with van der Waals surface area (Å²) < 4.78 is 42.5. The molecule has 0 aromatic heterocycles. The van der Waals surface area contributed by atoms with Crippen LogP contribution < -0.4 is 9.47 Å². The highest BCUT2D eigenvalue weighted by atomic mass is 19.3. The number of hydrogen-bond donors (Lipinski definition) is 0. The van der Waals surface area contributed by atoms with Gasteiger partial charge in [-0.3, -0.25) is 0 Å². The molecule has 2 atom stereocenters. The highest BCUT2D eigenvalue weighted by molar-refractivity contribution is 5.26. The molecule has 2 rings (SSSR count). The van der Waals surface area contributed by atoms with Gasteiger partial charge >= 0.3 is 0 Å². The lowest BCUT2D eigenvalue weighted by molar-refractivity contribution is -0.108. The molecular formula is C18H20F2O3. The summed E-state index contributed by atoms with van der Waals surface area (Å²) in [6.45, 7) is 1.67. The Bertz CT molecular complexity index is 573. The van der Waals surface area contributed by atoms with E-state index in [4.69, 9.17) is 14.2 Å². The van der Waals surface area contributed by atoms with E-state index in [9.17, 15) is 8.78 Å².